The first kappa shape index (κ1) is 13.9. The van der Waals surface area contributed by atoms with Crippen molar-refractivity contribution in [2.75, 3.05) is 12.4 Å². The molecule has 1 aromatic rings. The van der Waals surface area contributed by atoms with Gasteiger partial charge in [0, 0.05) is 11.3 Å². The second-order valence-electron chi connectivity index (χ2n) is 3.68. The molecule has 0 saturated heterocycles. The summed E-state index contributed by atoms with van der Waals surface area (Å²) in [5, 5.41) is 13.6. The summed E-state index contributed by atoms with van der Waals surface area (Å²) in [5.74, 6) is -2.00. The molecule has 0 aromatic heterocycles. The summed E-state index contributed by atoms with van der Waals surface area (Å²) in [7, 11) is 1.39. The second kappa shape index (κ2) is 5.92. The smallest absolute Gasteiger partial charge is 0.330 e. The number of hydrogen-bond acceptors (Lipinski definition) is 4. The lowest BCUT2D eigenvalue weighted by Crippen LogP contribution is -2.44. The van der Waals surface area contributed by atoms with Crippen LogP contribution in [0.25, 0.3) is 0 Å². The first-order valence-corrected chi connectivity index (χ1v) is 5.27. The number of anilines is 1. The zero-order chi connectivity index (χ0) is 13.7. The van der Waals surface area contributed by atoms with E-state index >= 15 is 0 Å². The van der Waals surface area contributed by atoms with Gasteiger partial charge in [-0.2, -0.15) is 0 Å². The van der Waals surface area contributed by atoms with Crippen LogP contribution in [0.5, 0.6) is 0 Å². The Kier molecular flexibility index (Phi) is 4.56. The van der Waals surface area contributed by atoms with Gasteiger partial charge in [-0.3, -0.25) is 14.9 Å². The molecule has 0 fully saturated rings. The van der Waals surface area contributed by atoms with Gasteiger partial charge in [0.05, 0.1) is 0 Å². The van der Waals surface area contributed by atoms with E-state index in [1.807, 2.05) is 0 Å². The van der Waals surface area contributed by atoms with Crippen LogP contribution in [-0.2, 0) is 9.59 Å². The van der Waals surface area contributed by atoms with Crippen LogP contribution in [0, 0.1) is 0 Å². The van der Waals surface area contributed by atoms with Crippen LogP contribution in [0.3, 0.4) is 0 Å². The molecule has 6 heteroatoms. The van der Waals surface area contributed by atoms with Crippen LogP contribution in [0.15, 0.2) is 24.3 Å². The molecule has 0 aliphatic heterocycles. The van der Waals surface area contributed by atoms with E-state index in [2.05, 4.69) is 10.6 Å². The molecule has 0 aliphatic carbocycles. The fourth-order valence-corrected chi connectivity index (χ4v) is 1.37. The monoisotopic (exact) mass is 250 g/mol. The Bertz CT molecular complexity index is 467. The zero-order valence-electron chi connectivity index (χ0n) is 10.1. The number of carbonyl (C=O) groups is 3. The number of ketones is 1. The highest BCUT2D eigenvalue weighted by Crippen LogP contribution is 2.10. The van der Waals surface area contributed by atoms with Crippen LogP contribution < -0.4 is 10.6 Å². The van der Waals surface area contributed by atoms with E-state index in [0.29, 0.717) is 11.3 Å². The van der Waals surface area contributed by atoms with Crippen molar-refractivity contribution in [2.45, 2.75) is 13.0 Å². The predicted molar refractivity (Wildman–Crippen MR) is 65.6 cm³/mol. The molecule has 96 valence electrons. The van der Waals surface area contributed by atoms with E-state index in [-0.39, 0.29) is 5.78 Å². The number of aliphatic carboxylic acids is 1. The molecule has 1 rings (SSSR count). The van der Waals surface area contributed by atoms with Crippen molar-refractivity contribution in [3.63, 3.8) is 0 Å². The number of rotatable bonds is 5. The summed E-state index contributed by atoms with van der Waals surface area (Å²) < 4.78 is 0. The molecule has 0 aliphatic rings. The molecule has 0 radical (unpaired) electrons. The highest BCUT2D eigenvalue weighted by molar-refractivity contribution is 6.07. The van der Waals surface area contributed by atoms with Gasteiger partial charge in [0.2, 0.25) is 0 Å². The molecule has 6 nitrogen and oxygen atoms in total. The van der Waals surface area contributed by atoms with Gasteiger partial charge in [0.15, 0.2) is 11.8 Å². The van der Waals surface area contributed by atoms with Crippen molar-refractivity contribution in [3.05, 3.63) is 29.8 Å². The number of Topliss-reactive ketones (excluding diaryl/α,β-unsaturated/α-hetero) is 1. The van der Waals surface area contributed by atoms with Gasteiger partial charge in [-0.25, -0.2) is 4.79 Å². The number of benzene rings is 1. The van der Waals surface area contributed by atoms with Gasteiger partial charge in [-0.05, 0) is 38.2 Å². The van der Waals surface area contributed by atoms with Crippen molar-refractivity contribution < 1.29 is 19.5 Å². The summed E-state index contributed by atoms with van der Waals surface area (Å²) >= 11 is 0. The Morgan fingerprint density at radius 1 is 1.17 bits per heavy atom. The summed E-state index contributed by atoms with van der Waals surface area (Å²) in [6.45, 7) is 1.44. The van der Waals surface area contributed by atoms with Gasteiger partial charge in [0.1, 0.15) is 0 Å². The lowest BCUT2D eigenvalue weighted by molar-refractivity contribution is -0.142. The van der Waals surface area contributed by atoms with Gasteiger partial charge in [-0.1, -0.05) is 0 Å². The van der Waals surface area contributed by atoms with Crippen LogP contribution in [0.2, 0.25) is 0 Å². The van der Waals surface area contributed by atoms with Gasteiger partial charge in [0.25, 0.3) is 5.91 Å². The Hall–Kier alpha value is -2.21. The molecule has 0 saturated carbocycles. The summed E-state index contributed by atoms with van der Waals surface area (Å²) in [6, 6.07) is 4.91. The van der Waals surface area contributed by atoms with Gasteiger partial charge < -0.3 is 10.4 Å². The number of hydrogen-bond donors (Lipinski definition) is 3. The molecule has 18 heavy (non-hydrogen) atoms. The standard InChI is InChI=1S/C12H14N2O4/c1-7(15)8-3-5-9(6-4-8)14-11(16)10(13-2)12(17)18/h3-6,10,13H,1-2H3,(H,14,16)(H,17,18). The minimum atomic E-state index is -1.31. The van der Waals surface area contributed by atoms with Crippen LogP contribution in [0.1, 0.15) is 17.3 Å². The molecule has 1 amide bonds. The highest BCUT2D eigenvalue weighted by atomic mass is 16.4. The normalized spacial score (nSPS) is 11.7. The molecule has 1 unspecified atom stereocenters. The van der Waals surface area contributed by atoms with E-state index in [0.717, 1.165) is 0 Å². The number of amides is 1. The van der Waals surface area contributed by atoms with Crippen molar-refractivity contribution in [1.82, 2.24) is 5.32 Å². The van der Waals surface area contributed by atoms with Gasteiger partial charge in [-0.15, -0.1) is 0 Å². The Labute approximate surface area is 104 Å². The van der Waals surface area contributed by atoms with Crippen molar-refractivity contribution >= 4 is 23.3 Å². The maximum absolute atomic E-state index is 11.6. The topological polar surface area (TPSA) is 95.5 Å². The summed E-state index contributed by atoms with van der Waals surface area (Å²) in [4.78, 5) is 33.4. The minimum Gasteiger partial charge on any atom is -0.480 e. The Morgan fingerprint density at radius 2 is 1.72 bits per heavy atom. The second-order valence-corrected chi connectivity index (χ2v) is 3.68. The van der Waals surface area contributed by atoms with Gasteiger partial charge >= 0.3 is 5.97 Å². The van der Waals surface area contributed by atoms with E-state index in [1.54, 1.807) is 24.3 Å². The average molecular weight is 250 g/mol. The van der Waals surface area contributed by atoms with Crippen LogP contribution in [-0.4, -0.2) is 35.9 Å². The van der Waals surface area contributed by atoms with E-state index < -0.39 is 17.9 Å². The van der Waals surface area contributed by atoms with Crippen LogP contribution >= 0.6 is 0 Å². The number of carbonyl (C=O) groups excluding carboxylic acids is 2. The highest BCUT2D eigenvalue weighted by Gasteiger charge is 2.23. The van der Waals surface area contributed by atoms with Crippen molar-refractivity contribution in [2.24, 2.45) is 0 Å². The van der Waals surface area contributed by atoms with E-state index in [1.165, 1.54) is 14.0 Å². The molecular weight excluding hydrogens is 236 g/mol. The molecule has 3 N–H and O–H groups in total. The van der Waals surface area contributed by atoms with E-state index in [4.69, 9.17) is 5.11 Å². The zero-order valence-corrected chi connectivity index (χ0v) is 10.1. The first-order chi connectivity index (χ1) is 8.45. The Balaban J connectivity index is 2.76. The first-order valence-electron chi connectivity index (χ1n) is 5.27. The Morgan fingerprint density at radius 3 is 2.11 bits per heavy atom. The maximum atomic E-state index is 11.6. The molecule has 0 bridgehead atoms. The fourth-order valence-electron chi connectivity index (χ4n) is 1.37. The third kappa shape index (κ3) is 3.39. The molecule has 1 atom stereocenters. The quantitative estimate of drug-likeness (QED) is 0.522. The summed E-state index contributed by atoms with van der Waals surface area (Å²) in [5.41, 5.74) is 0.961. The minimum absolute atomic E-state index is 0.0773. The predicted octanol–water partition coefficient (Wildman–Crippen LogP) is 0.500. The number of carboxylic acids is 1. The third-order valence-corrected chi connectivity index (χ3v) is 2.36. The van der Waals surface area contributed by atoms with Crippen molar-refractivity contribution in [3.8, 4) is 0 Å². The third-order valence-electron chi connectivity index (χ3n) is 2.36. The number of carboxylic acid groups (broad SMARTS) is 1. The molecule has 1 aromatic carbocycles. The molecule has 0 heterocycles. The largest absolute Gasteiger partial charge is 0.480 e. The molecular formula is C12H14N2O4. The number of nitrogens with one attached hydrogen (secondary N) is 2. The lowest BCUT2D eigenvalue weighted by atomic mass is 10.1. The maximum Gasteiger partial charge on any atom is 0.330 e. The summed E-state index contributed by atoms with van der Waals surface area (Å²) in [6.07, 6.45) is 0. The van der Waals surface area contributed by atoms with Crippen LogP contribution in [0.4, 0.5) is 5.69 Å². The van der Waals surface area contributed by atoms with E-state index in [9.17, 15) is 14.4 Å². The molecule has 0 spiro atoms. The number of likely N-dealkylation sites (N-methyl/N-ethyl adjacent to an activating group) is 1. The fraction of sp³-hybridized carbons (Fsp3) is 0.250. The SMILES string of the molecule is CNC(C(=O)O)C(=O)Nc1ccc(C(C)=O)cc1. The average Bonchev–Trinajstić information content (AvgIpc) is 2.29. The van der Waals surface area contributed by atoms with Crippen molar-refractivity contribution in [1.29, 1.82) is 0 Å². The lowest BCUT2D eigenvalue weighted by Gasteiger charge is -2.11.